The van der Waals surface area contributed by atoms with Gasteiger partial charge in [0.1, 0.15) is 11.5 Å². The van der Waals surface area contributed by atoms with Crippen LogP contribution in [0.1, 0.15) is 18.9 Å². The van der Waals surface area contributed by atoms with Gasteiger partial charge in [-0.05, 0) is 49.6 Å². The molecule has 1 atom stereocenters. The van der Waals surface area contributed by atoms with Crippen LogP contribution in [0.25, 0.3) is 0 Å². The molecule has 4 heteroatoms. The lowest BCUT2D eigenvalue weighted by molar-refractivity contribution is -0.127. The first-order valence-electron chi connectivity index (χ1n) is 7.81. The summed E-state index contributed by atoms with van der Waals surface area (Å²) in [6.07, 6.45) is 1.26. The number of rotatable bonds is 8. The van der Waals surface area contributed by atoms with Crippen LogP contribution in [0.2, 0.25) is 0 Å². The van der Waals surface area contributed by atoms with E-state index in [1.54, 1.807) is 14.0 Å². The molecule has 0 spiro atoms. The second-order valence-electron chi connectivity index (χ2n) is 5.32. The van der Waals surface area contributed by atoms with Crippen molar-refractivity contribution in [2.75, 3.05) is 13.7 Å². The van der Waals surface area contributed by atoms with Gasteiger partial charge in [-0.2, -0.15) is 0 Å². The Balaban J connectivity index is 1.69. The lowest BCUT2D eigenvalue weighted by atomic mass is 10.1. The molecule has 23 heavy (non-hydrogen) atoms. The molecule has 0 radical (unpaired) electrons. The van der Waals surface area contributed by atoms with Crippen molar-refractivity contribution in [3.63, 3.8) is 0 Å². The molecular weight excluding hydrogens is 290 g/mol. The molecule has 1 amide bonds. The predicted octanol–water partition coefficient (Wildman–Crippen LogP) is 3.21. The lowest BCUT2D eigenvalue weighted by Gasteiger charge is -2.14. The summed E-state index contributed by atoms with van der Waals surface area (Å²) in [5, 5.41) is 2.91. The molecule has 1 N–H and O–H groups in total. The van der Waals surface area contributed by atoms with Gasteiger partial charge in [-0.25, -0.2) is 0 Å². The molecule has 0 unspecified atom stereocenters. The van der Waals surface area contributed by atoms with Crippen molar-refractivity contribution in [3.05, 3.63) is 60.2 Å². The number of aryl methyl sites for hydroxylation is 1. The maximum atomic E-state index is 12.0. The van der Waals surface area contributed by atoms with E-state index in [-0.39, 0.29) is 5.91 Å². The standard InChI is InChI=1S/C19H23NO3/c1-15(23-17-10-4-3-5-11-17)19(21)20-13-7-9-16-8-6-12-18(14-16)22-2/h3-6,8,10-12,14-15H,7,9,13H2,1-2H3,(H,20,21)/t15-/m1/s1. The summed E-state index contributed by atoms with van der Waals surface area (Å²) in [6, 6.07) is 17.3. The number of para-hydroxylation sites is 1. The highest BCUT2D eigenvalue weighted by Gasteiger charge is 2.13. The SMILES string of the molecule is COc1cccc(CCCNC(=O)[C@@H](C)Oc2ccccc2)c1. The van der Waals surface area contributed by atoms with E-state index >= 15 is 0 Å². The van der Waals surface area contributed by atoms with Gasteiger partial charge in [0.15, 0.2) is 6.10 Å². The Kier molecular flexibility index (Phi) is 6.48. The van der Waals surface area contributed by atoms with Crippen LogP contribution < -0.4 is 14.8 Å². The number of carbonyl (C=O) groups is 1. The molecule has 0 bridgehead atoms. The molecule has 0 aliphatic heterocycles. The molecule has 0 aromatic heterocycles. The lowest BCUT2D eigenvalue weighted by Crippen LogP contribution is -2.36. The minimum absolute atomic E-state index is 0.0977. The molecular formula is C19H23NO3. The second kappa shape index (κ2) is 8.83. The van der Waals surface area contributed by atoms with Gasteiger partial charge in [-0.1, -0.05) is 30.3 Å². The van der Waals surface area contributed by atoms with Crippen LogP contribution in [0, 0.1) is 0 Å². The van der Waals surface area contributed by atoms with Crippen LogP contribution in [-0.2, 0) is 11.2 Å². The average Bonchev–Trinajstić information content (AvgIpc) is 2.59. The Bertz CT molecular complexity index is 613. The van der Waals surface area contributed by atoms with Gasteiger partial charge in [-0.15, -0.1) is 0 Å². The van der Waals surface area contributed by atoms with Gasteiger partial charge in [0.25, 0.3) is 5.91 Å². The van der Waals surface area contributed by atoms with Crippen molar-refractivity contribution < 1.29 is 14.3 Å². The van der Waals surface area contributed by atoms with Crippen LogP contribution in [-0.4, -0.2) is 25.7 Å². The van der Waals surface area contributed by atoms with Crippen LogP contribution in [0.15, 0.2) is 54.6 Å². The molecule has 0 aliphatic carbocycles. The van der Waals surface area contributed by atoms with Crippen molar-refractivity contribution in [2.45, 2.75) is 25.9 Å². The molecule has 0 heterocycles. The molecule has 0 saturated carbocycles. The molecule has 2 aromatic carbocycles. The van der Waals surface area contributed by atoms with E-state index in [0.29, 0.717) is 12.3 Å². The Morgan fingerprint density at radius 2 is 1.83 bits per heavy atom. The third-order valence-electron chi connectivity index (χ3n) is 3.50. The average molecular weight is 313 g/mol. The zero-order chi connectivity index (χ0) is 16.5. The smallest absolute Gasteiger partial charge is 0.260 e. The van der Waals surface area contributed by atoms with E-state index in [2.05, 4.69) is 11.4 Å². The van der Waals surface area contributed by atoms with E-state index in [4.69, 9.17) is 9.47 Å². The third-order valence-corrected chi connectivity index (χ3v) is 3.50. The maximum absolute atomic E-state index is 12.0. The van der Waals surface area contributed by atoms with E-state index in [1.165, 1.54) is 5.56 Å². The topological polar surface area (TPSA) is 47.6 Å². The number of hydrogen-bond donors (Lipinski definition) is 1. The van der Waals surface area contributed by atoms with E-state index in [0.717, 1.165) is 18.6 Å². The summed E-state index contributed by atoms with van der Waals surface area (Å²) in [7, 11) is 1.66. The zero-order valence-electron chi connectivity index (χ0n) is 13.6. The molecule has 0 fully saturated rings. The van der Waals surface area contributed by atoms with Crippen molar-refractivity contribution in [1.29, 1.82) is 0 Å². The van der Waals surface area contributed by atoms with Crippen LogP contribution >= 0.6 is 0 Å². The van der Waals surface area contributed by atoms with Gasteiger partial charge in [-0.3, -0.25) is 4.79 Å². The van der Waals surface area contributed by atoms with Gasteiger partial charge in [0.05, 0.1) is 7.11 Å². The number of hydrogen-bond acceptors (Lipinski definition) is 3. The Morgan fingerprint density at radius 1 is 1.09 bits per heavy atom. The number of amides is 1. The van der Waals surface area contributed by atoms with E-state index in [1.807, 2.05) is 48.5 Å². The van der Waals surface area contributed by atoms with Gasteiger partial charge < -0.3 is 14.8 Å². The Labute approximate surface area is 137 Å². The fourth-order valence-electron chi connectivity index (χ4n) is 2.23. The highest BCUT2D eigenvalue weighted by molar-refractivity contribution is 5.80. The van der Waals surface area contributed by atoms with Crippen LogP contribution in [0.4, 0.5) is 0 Å². The fourth-order valence-corrected chi connectivity index (χ4v) is 2.23. The summed E-state index contributed by atoms with van der Waals surface area (Å²) in [4.78, 5) is 12.0. The number of benzene rings is 2. The first-order valence-corrected chi connectivity index (χ1v) is 7.81. The minimum Gasteiger partial charge on any atom is -0.497 e. The van der Waals surface area contributed by atoms with Crippen molar-refractivity contribution in [1.82, 2.24) is 5.32 Å². The summed E-state index contributed by atoms with van der Waals surface area (Å²) >= 11 is 0. The van der Waals surface area contributed by atoms with E-state index < -0.39 is 6.10 Å². The monoisotopic (exact) mass is 313 g/mol. The first kappa shape index (κ1) is 16.9. The van der Waals surface area contributed by atoms with Gasteiger partial charge >= 0.3 is 0 Å². The minimum atomic E-state index is -0.505. The van der Waals surface area contributed by atoms with Gasteiger partial charge in [0.2, 0.25) is 0 Å². The highest BCUT2D eigenvalue weighted by atomic mass is 16.5. The molecule has 4 nitrogen and oxygen atoms in total. The number of methoxy groups -OCH3 is 1. The summed E-state index contributed by atoms with van der Waals surface area (Å²) in [5.74, 6) is 1.46. The molecule has 122 valence electrons. The molecule has 0 aliphatic rings. The fraction of sp³-hybridized carbons (Fsp3) is 0.316. The summed E-state index contributed by atoms with van der Waals surface area (Å²) < 4.78 is 10.8. The zero-order valence-corrected chi connectivity index (χ0v) is 13.6. The van der Waals surface area contributed by atoms with Crippen molar-refractivity contribution >= 4 is 5.91 Å². The Hall–Kier alpha value is -2.49. The van der Waals surface area contributed by atoms with E-state index in [9.17, 15) is 4.79 Å². The number of nitrogens with one attached hydrogen (secondary N) is 1. The van der Waals surface area contributed by atoms with Crippen LogP contribution in [0.5, 0.6) is 11.5 Å². The number of ether oxygens (including phenoxy) is 2. The quantitative estimate of drug-likeness (QED) is 0.761. The maximum Gasteiger partial charge on any atom is 0.260 e. The number of carbonyl (C=O) groups excluding carboxylic acids is 1. The first-order chi connectivity index (χ1) is 11.2. The van der Waals surface area contributed by atoms with Gasteiger partial charge in [0, 0.05) is 6.54 Å². The third kappa shape index (κ3) is 5.66. The molecule has 2 rings (SSSR count). The largest absolute Gasteiger partial charge is 0.497 e. The highest BCUT2D eigenvalue weighted by Crippen LogP contribution is 2.14. The second-order valence-corrected chi connectivity index (χ2v) is 5.32. The predicted molar refractivity (Wildman–Crippen MR) is 90.9 cm³/mol. The molecule has 2 aromatic rings. The normalized spacial score (nSPS) is 11.6. The Morgan fingerprint density at radius 3 is 2.57 bits per heavy atom. The summed E-state index contributed by atoms with van der Waals surface area (Å²) in [6.45, 7) is 2.38. The molecule has 0 saturated heterocycles. The summed E-state index contributed by atoms with van der Waals surface area (Å²) in [5.41, 5.74) is 1.20. The van der Waals surface area contributed by atoms with Crippen LogP contribution in [0.3, 0.4) is 0 Å². The van der Waals surface area contributed by atoms with Crippen molar-refractivity contribution in [2.24, 2.45) is 0 Å². The van der Waals surface area contributed by atoms with Crippen molar-refractivity contribution in [3.8, 4) is 11.5 Å².